The first-order chi connectivity index (χ1) is 61.5. The molecule has 19 atom stereocenters. The van der Waals surface area contributed by atoms with E-state index < -0.39 is 296 Å². The van der Waals surface area contributed by atoms with Gasteiger partial charge >= 0.3 is 11.9 Å². The van der Waals surface area contributed by atoms with E-state index >= 15 is 0 Å². The van der Waals surface area contributed by atoms with Crippen LogP contribution in [0.2, 0.25) is 0 Å². The fourth-order valence-corrected chi connectivity index (χ4v) is 14.5. The van der Waals surface area contributed by atoms with E-state index in [2.05, 4.69) is 79.8 Å². The lowest BCUT2D eigenvalue weighted by atomic mass is 9.97. The van der Waals surface area contributed by atoms with Crippen LogP contribution in [0.5, 0.6) is 0 Å². The predicted molar refractivity (Wildman–Crippen MR) is 484 cm³/mol. The summed E-state index contributed by atoms with van der Waals surface area (Å²) in [6, 6.07) is -26.2. The van der Waals surface area contributed by atoms with Crippen molar-refractivity contribution in [2.75, 3.05) is 31.7 Å². The van der Waals surface area contributed by atoms with Crippen LogP contribution in [-0.2, 0) is 101 Å². The lowest BCUT2D eigenvalue weighted by Crippen LogP contribution is -2.62. The molecule has 1 rings (SSSR count). The average Bonchev–Trinajstić information content (AvgIpc) is 1.64. The number of aliphatic carboxylic acids is 2. The van der Waals surface area contributed by atoms with Crippen LogP contribution in [0, 0.1) is 41.4 Å². The van der Waals surface area contributed by atoms with Crippen molar-refractivity contribution in [1.82, 2.24) is 84.7 Å². The number of hydrogen-bond acceptors (Lipinski definition) is 26. The highest BCUT2D eigenvalue weighted by Gasteiger charge is 2.44. The van der Waals surface area contributed by atoms with E-state index in [0.29, 0.717) is 25.1 Å². The quantitative estimate of drug-likeness (QED) is 0.0253. The van der Waals surface area contributed by atoms with Crippen LogP contribution < -0.4 is 108 Å². The highest BCUT2D eigenvalue weighted by molar-refractivity contribution is 7.98. The normalized spacial score (nSPS) is 16.7. The summed E-state index contributed by atoms with van der Waals surface area (Å²) < 4.78 is 0. The molecule has 0 spiro atoms. The first kappa shape index (κ1) is 119. The van der Waals surface area contributed by atoms with E-state index in [0.717, 1.165) is 4.90 Å². The molecule has 132 heavy (non-hydrogen) atoms. The zero-order chi connectivity index (χ0) is 101. The number of thioether (sulfide) groups is 1. The molecule has 0 aromatic carbocycles. The molecule has 750 valence electrons. The van der Waals surface area contributed by atoms with Crippen LogP contribution in [0.25, 0.3) is 0 Å². The molecule has 0 aromatic heterocycles. The number of unbranched alkanes of at least 4 members (excludes halogenated alkanes) is 1. The number of rotatable bonds is 64. The van der Waals surface area contributed by atoms with Gasteiger partial charge in [0.25, 0.3) is 0 Å². The maximum atomic E-state index is 14.9. The number of hydrogen-bond donors (Lipinski definition) is 24. The topological polar surface area (TPSA) is 753 Å². The number of nitrogens with one attached hydrogen (secondary N) is 15. The van der Waals surface area contributed by atoms with Crippen LogP contribution in [0.4, 0.5) is 0 Å². The standard InChI is InChI=1S/C85H149N21O25S/c1-18-46(14)67(82(127)101-59(38-64(90)111)76(121)92-50(24-26-62(88)109)71(116)91-47(15)69(114)95-57(36-44(10)11)78(123)105-68(48(16)108)83(128)100-56(35-43(8)9)73(118)94-52(85(130)131)28-31-132-17)104-80(125)61-23-21-30-106(61)84(129)51(25-27-65(112)113)93-72(117)55(34-42(6)7)99-81(126)66(45(12)13)103-79(124)60(39-107)102-77(122)58(37-63(89)110)98-75(120)54(33-41(4)5)97-74(119)53(32-40(2)3)96-70(115)49(87)22-19-20-29-86/h40-61,66-68,107-108H,18-39,86-87H2,1-17H3,(H2,88,109)(H2,89,110)(H2,90,111)(H,91,116)(H,92,121)(H,93,117)(H,94,118)(H,95,114)(H,96,115)(H,97,119)(H,98,120)(H,99,126)(H,100,128)(H,101,127)(H,102,122)(H,103,124)(H,104,125)(H,105,123)(H,112,113)(H,130,131)/t46-,47-,48+,49-,50-,51-,52-,53-,54-,55-,56-,57-,58-,59-,60-,61-,66-,67-,68-/m0/s1. The Morgan fingerprint density at radius 3 is 1.17 bits per heavy atom. The third kappa shape index (κ3) is 44.1. The van der Waals surface area contributed by atoms with Crippen molar-refractivity contribution in [2.45, 2.75) is 335 Å². The Morgan fingerprint density at radius 1 is 0.394 bits per heavy atom. The number of carboxylic acid groups (broad SMARTS) is 2. The van der Waals surface area contributed by atoms with Gasteiger partial charge in [0, 0.05) is 19.4 Å². The van der Waals surface area contributed by atoms with Crippen LogP contribution in [0.15, 0.2) is 0 Å². The Hall–Kier alpha value is -10.9. The summed E-state index contributed by atoms with van der Waals surface area (Å²) in [6.45, 7) is 24.8. The van der Waals surface area contributed by atoms with Crippen molar-refractivity contribution in [3.8, 4) is 0 Å². The molecule has 0 aliphatic carbocycles. The summed E-state index contributed by atoms with van der Waals surface area (Å²) >= 11 is 1.35. The largest absolute Gasteiger partial charge is 0.481 e. The minimum atomic E-state index is -1.94. The Kier molecular flexibility index (Phi) is 54.4. The van der Waals surface area contributed by atoms with Crippen LogP contribution >= 0.6 is 11.8 Å². The van der Waals surface area contributed by atoms with E-state index in [-0.39, 0.29) is 94.4 Å². The molecule has 47 heteroatoms. The summed E-state index contributed by atoms with van der Waals surface area (Å²) in [5.41, 5.74) is 28.3. The van der Waals surface area contributed by atoms with Crippen molar-refractivity contribution < 1.29 is 121 Å². The monoisotopic (exact) mass is 1900 g/mol. The molecule has 0 saturated carbocycles. The number of primary amides is 3. The van der Waals surface area contributed by atoms with Crippen molar-refractivity contribution >= 4 is 136 Å². The van der Waals surface area contributed by atoms with Gasteiger partial charge in [-0.05, 0) is 151 Å². The minimum absolute atomic E-state index is 0.0159. The Balaban J connectivity index is 3.59. The maximum Gasteiger partial charge on any atom is 0.326 e. The van der Waals surface area contributed by atoms with Gasteiger partial charge in [0.1, 0.15) is 96.7 Å². The number of carboxylic acids is 2. The van der Waals surface area contributed by atoms with Gasteiger partial charge in [-0.15, -0.1) is 0 Å². The first-order valence-electron chi connectivity index (χ1n) is 44.9. The van der Waals surface area contributed by atoms with Crippen LogP contribution in [0.3, 0.4) is 0 Å². The number of nitrogens with two attached hydrogens (primary N) is 5. The van der Waals surface area contributed by atoms with Crippen molar-refractivity contribution in [2.24, 2.45) is 70.1 Å². The Morgan fingerprint density at radius 2 is 0.758 bits per heavy atom. The highest BCUT2D eigenvalue weighted by Crippen LogP contribution is 2.23. The molecular weight excluding hydrogens is 1750 g/mol. The van der Waals surface area contributed by atoms with Crippen molar-refractivity contribution in [3.05, 3.63) is 0 Å². The number of aliphatic hydroxyl groups is 2. The van der Waals surface area contributed by atoms with E-state index in [1.54, 1.807) is 82.4 Å². The van der Waals surface area contributed by atoms with Crippen molar-refractivity contribution in [3.63, 3.8) is 0 Å². The number of nitrogens with zero attached hydrogens (tertiary/aromatic N) is 1. The molecule has 1 fully saturated rings. The molecule has 46 nitrogen and oxygen atoms in total. The Labute approximate surface area is 775 Å². The molecule has 0 bridgehead atoms. The average molecular weight is 1900 g/mol. The third-order valence-electron chi connectivity index (χ3n) is 21.4. The van der Waals surface area contributed by atoms with E-state index in [1.807, 2.05) is 0 Å². The lowest BCUT2D eigenvalue weighted by Gasteiger charge is -2.32. The van der Waals surface area contributed by atoms with Gasteiger partial charge in [-0.2, -0.15) is 11.8 Å². The van der Waals surface area contributed by atoms with Gasteiger partial charge in [-0.3, -0.25) is 95.9 Å². The van der Waals surface area contributed by atoms with Gasteiger partial charge in [0.05, 0.1) is 31.6 Å². The molecule has 0 unspecified atom stereocenters. The molecule has 0 aromatic rings. The van der Waals surface area contributed by atoms with Gasteiger partial charge in [0.2, 0.25) is 112 Å². The second-order valence-corrected chi connectivity index (χ2v) is 37.0. The number of aliphatic hydroxyl groups excluding tert-OH is 2. The molecule has 1 aliphatic heterocycles. The minimum Gasteiger partial charge on any atom is -0.481 e. The van der Waals surface area contributed by atoms with Gasteiger partial charge < -0.3 is 134 Å². The SMILES string of the molecule is CC[C@H](C)[C@H](NC(=O)[C@@H]1CCCN1C(=O)[C@H](CCC(=O)O)NC(=O)[C@H](CC(C)C)NC(=O)[C@@H](NC(=O)[C@H](CO)NC(=O)[C@H](CC(N)=O)NC(=O)[C@H](CC(C)C)NC(=O)[C@H](CC(C)C)NC(=O)[C@@H](N)CCCCN)C(C)C)C(=O)N[C@@H](CC(N)=O)C(=O)N[C@@H](CCC(N)=O)C(=O)N[C@@H](C)C(=O)N[C@@H](CC(C)C)C(=O)N[C@H](C(=O)N[C@@H](CC(C)C)C(=O)N[C@@H](CCSC)C(=O)O)[C@@H](C)O. The predicted octanol–water partition coefficient (Wildman–Crippen LogP) is -5.25. The van der Waals surface area contributed by atoms with Crippen LogP contribution in [-0.4, -0.2) is 290 Å². The zero-order valence-corrected chi connectivity index (χ0v) is 79.9. The van der Waals surface area contributed by atoms with E-state index in [4.69, 9.17) is 28.7 Å². The smallest absolute Gasteiger partial charge is 0.326 e. The number of amides is 19. The Bertz CT molecular complexity index is 3910. The summed E-state index contributed by atoms with van der Waals surface area (Å²) in [5, 5.41) is 78.0. The van der Waals surface area contributed by atoms with Gasteiger partial charge in [-0.1, -0.05) is 110 Å². The van der Waals surface area contributed by atoms with E-state index in [9.17, 15) is 121 Å². The summed E-state index contributed by atoms with van der Waals surface area (Å²) in [7, 11) is 0. The van der Waals surface area contributed by atoms with Crippen molar-refractivity contribution in [1.29, 1.82) is 0 Å². The molecule has 0 radical (unpaired) electrons. The third-order valence-corrected chi connectivity index (χ3v) is 22.0. The second kappa shape index (κ2) is 60.3. The summed E-state index contributed by atoms with van der Waals surface area (Å²) in [6.07, 6.45) is -2.52. The lowest BCUT2D eigenvalue weighted by molar-refractivity contribution is -0.144. The summed E-state index contributed by atoms with van der Waals surface area (Å²) in [4.78, 5) is 289. The molecule has 1 saturated heterocycles. The molecule has 29 N–H and O–H groups in total. The fraction of sp³-hybridized carbons (Fsp3) is 0.753. The van der Waals surface area contributed by atoms with E-state index in [1.165, 1.54) is 46.4 Å². The molecule has 1 heterocycles. The molecular formula is C85H149N21O25S. The van der Waals surface area contributed by atoms with Gasteiger partial charge in [0.15, 0.2) is 0 Å². The zero-order valence-electron chi connectivity index (χ0n) is 79.1. The number of likely N-dealkylation sites (tertiary alicyclic amines) is 1. The number of carbonyl (C=O) groups is 21. The highest BCUT2D eigenvalue weighted by atomic mass is 32.2. The fourth-order valence-electron chi connectivity index (χ4n) is 14.0. The second-order valence-electron chi connectivity index (χ2n) is 36.0. The van der Waals surface area contributed by atoms with Crippen LogP contribution in [0.1, 0.15) is 226 Å². The molecule has 19 amide bonds. The number of carbonyl (C=O) groups excluding carboxylic acids is 19. The van der Waals surface area contributed by atoms with Gasteiger partial charge in [-0.25, -0.2) is 4.79 Å². The maximum absolute atomic E-state index is 14.9. The molecule has 1 aliphatic rings. The summed E-state index contributed by atoms with van der Waals surface area (Å²) in [5.74, 6) is -24.7. The first-order valence-corrected chi connectivity index (χ1v) is 46.3.